The minimum atomic E-state index is 0.256. The van der Waals surface area contributed by atoms with Crippen LogP contribution >= 0.6 is 11.3 Å². The summed E-state index contributed by atoms with van der Waals surface area (Å²) in [5, 5.41) is 3.43. The van der Waals surface area contributed by atoms with Gasteiger partial charge in [-0.05, 0) is 36.1 Å². The van der Waals surface area contributed by atoms with Crippen LogP contribution < -0.4 is 4.90 Å². The first-order chi connectivity index (χ1) is 17.7. The second kappa shape index (κ2) is 9.84. The van der Waals surface area contributed by atoms with E-state index < -0.39 is 0 Å². The Kier molecular flexibility index (Phi) is 6.26. The molecule has 3 heterocycles. The van der Waals surface area contributed by atoms with Crippen LogP contribution in [0.1, 0.15) is 28.3 Å². The van der Waals surface area contributed by atoms with Crippen LogP contribution in [0.15, 0.2) is 90.6 Å². The first kappa shape index (κ1) is 22.9. The van der Waals surface area contributed by atoms with Gasteiger partial charge in [0.15, 0.2) is 0 Å². The Morgan fingerprint density at radius 3 is 2.06 bits per heavy atom. The molecular formula is C31H30N4S. The van der Waals surface area contributed by atoms with E-state index >= 15 is 0 Å². The third-order valence-electron chi connectivity index (χ3n) is 7.23. The molecule has 0 amide bonds. The molecular weight excluding hydrogens is 460 g/mol. The Hall–Kier alpha value is -3.54. The summed E-state index contributed by atoms with van der Waals surface area (Å²) in [6.07, 6.45) is 1.73. The van der Waals surface area contributed by atoms with Crippen molar-refractivity contribution in [3.63, 3.8) is 0 Å². The van der Waals surface area contributed by atoms with Crippen LogP contribution in [0.2, 0.25) is 0 Å². The van der Waals surface area contributed by atoms with Crippen molar-refractivity contribution in [1.29, 1.82) is 0 Å². The van der Waals surface area contributed by atoms with Gasteiger partial charge in [0.05, 0.1) is 11.4 Å². The molecule has 6 rings (SSSR count). The highest BCUT2D eigenvalue weighted by Gasteiger charge is 2.28. The minimum absolute atomic E-state index is 0.256. The Balaban J connectivity index is 1.31. The number of hydrogen-bond acceptors (Lipinski definition) is 5. The van der Waals surface area contributed by atoms with Crippen molar-refractivity contribution < 1.29 is 0 Å². The van der Waals surface area contributed by atoms with Gasteiger partial charge in [0.2, 0.25) is 0 Å². The van der Waals surface area contributed by atoms with Gasteiger partial charge in [0.25, 0.3) is 0 Å². The molecule has 2 aromatic heterocycles. The van der Waals surface area contributed by atoms with Crippen molar-refractivity contribution in [3.8, 4) is 11.1 Å². The maximum Gasteiger partial charge on any atom is 0.141 e. The fourth-order valence-electron chi connectivity index (χ4n) is 5.49. The number of aryl methyl sites for hydroxylation is 2. The third-order valence-corrected chi connectivity index (χ3v) is 8.12. The standard InChI is InChI=1S/C31H30N4S/c1-22-13-14-26(23(2)19-22)27-20-36-31-28(27)30(32-21-33-31)35-17-15-34(16-18-35)29(24-9-5-3-6-10-24)25-11-7-4-8-12-25/h3-14,19-21,29H,15-18H2,1-2H3. The van der Waals surface area contributed by atoms with Gasteiger partial charge < -0.3 is 4.90 Å². The first-order valence-electron chi connectivity index (χ1n) is 12.6. The fourth-order valence-corrected chi connectivity index (χ4v) is 6.39. The molecule has 4 nitrogen and oxygen atoms in total. The van der Waals surface area contributed by atoms with Crippen LogP contribution in [0.3, 0.4) is 0 Å². The third kappa shape index (κ3) is 4.29. The molecule has 5 heteroatoms. The quantitative estimate of drug-likeness (QED) is 0.269. The highest BCUT2D eigenvalue weighted by atomic mass is 32.1. The second-order valence-corrected chi connectivity index (χ2v) is 10.5. The molecule has 0 spiro atoms. The zero-order valence-electron chi connectivity index (χ0n) is 20.8. The van der Waals surface area contributed by atoms with E-state index in [1.54, 1.807) is 17.7 Å². The summed E-state index contributed by atoms with van der Waals surface area (Å²) in [7, 11) is 0. The number of piperazine rings is 1. The topological polar surface area (TPSA) is 32.3 Å². The summed E-state index contributed by atoms with van der Waals surface area (Å²) in [5.74, 6) is 1.06. The number of rotatable bonds is 5. The van der Waals surface area contributed by atoms with Gasteiger partial charge >= 0.3 is 0 Å². The predicted molar refractivity (Wildman–Crippen MR) is 151 cm³/mol. The van der Waals surface area contributed by atoms with Crippen molar-refractivity contribution in [2.45, 2.75) is 19.9 Å². The van der Waals surface area contributed by atoms with Crippen molar-refractivity contribution in [2.75, 3.05) is 31.1 Å². The average molecular weight is 491 g/mol. The molecule has 1 fully saturated rings. The highest BCUT2D eigenvalue weighted by molar-refractivity contribution is 7.17. The zero-order chi connectivity index (χ0) is 24.5. The number of hydrogen-bond donors (Lipinski definition) is 0. The summed E-state index contributed by atoms with van der Waals surface area (Å²) < 4.78 is 0. The first-order valence-corrected chi connectivity index (χ1v) is 13.5. The van der Waals surface area contributed by atoms with E-state index in [9.17, 15) is 0 Å². The lowest BCUT2D eigenvalue weighted by molar-refractivity contribution is 0.212. The molecule has 36 heavy (non-hydrogen) atoms. The molecule has 0 saturated carbocycles. The van der Waals surface area contributed by atoms with Gasteiger partial charge in [-0.25, -0.2) is 9.97 Å². The zero-order valence-corrected chi connectivity index (χ0v) is 21.6. The number of nitrogens with zero attached hydrogens (tertiary/aromatic N) is 4. The van der Waals surface area contributed by atoms with E-state index in [-0.39, 0.29) is 6.04 Å². The molecule has 0 N–H and O–H groups in total. The van der Waals surface area contributed by atoms with Gasteiger partial charge in [-0.2, -0.15) is 0 Å². The van der Waals surface area contributed by atoms with Crippen molar-refractivity contribution in [3.05, 3.63) is 113 Å². The fraction of sp³-hybridized carbons (Fsp3) is 0.226. The molecule has 1 aliphatic rings. The maximum atomic E-state index is 4.83. The molecule has 0 aliphatic carbocycles. The van der Waals surface area contributed by atoms with E-state index in [0.717, 1.165) is 36.8 Å². The van der Waals surface area contributed by atoms with E-state index in [1.807, 2.05) is 0 Å². The van der Waals surface area contributed by atoms with Crippen LogP contribution in [0.4, 0.5) is 5.82 Å². The number of benzene rings is 3. The van der Waals surface area contributed by atoms with Crippen molar-refractivity contribution in [1.82, 2.24) is 14.9 Å². The average Bonchev–Trinajstić information content (AvgIpc) is 3.35. The monoisotopic (exact) mass is 490 g/mol. The second-order valence-electron chi connectivity index (χ2n) is 9.59. The largest absolute Gasteiger partial charge is 0.353 e. The lowest BCUT2D eigenvalue weighted by atomic mass is 9.96. The highest BCUT2D eigenvalue weighted by Crippen LogP contribution is 2.40. The molecule has 1 aliphatic heterocycles. The van der Waals surface area contributed by atoms with Gasteiger partial charge in [0, 0.05) is 37.1 Å². The number of anilines is 1. The van der Waals surface area contributed by atoms with E-state index in [1.165, 1.54) is 38.8 Å². The summed E-state index contributed by atoms with van der Waals surface area (Å²) in [5.41, 5.74) is 7.79. The van der Waals surface area contributed by atoms with Crippen LogP contribution in [-0.4, -0.2) is 41.0 Å². The molecule has 1 saturated heterocycles. The van der Waals surface area contributed by atoms with Crippen LogP contribution in [0.5, 0.6) is 0 Å². The van der Waals surface area contributed by atoms with E-state index in [2.05, 4.69) is 113 Å². The summed E-state index contributed by atoms with van der Waals surface area (Å²) in [6.45, 7) is 8.16. The SMILES string of the molecule is Cc1ccc(-c2csc3ncnc(N4CCN(C(c5ccccc5)c5ccccc5)CC4)c23)c(C)c1. The van der Waals surface area contributed by atoms with E-state index in [4.69, 9.17) is 4.98 Å². The lowest BCUT2D eigenvalue weighted by Crippen LogP contribution is -2.48. The number of thiophene rings is 1. The Bertz CT molecular complexity index is 1430. The summed E-state index contributed by atoms with van der Waals surface area (Å²) >= 11 is 1.71. The Morgan fingerprint density at radius 2 is 1.42 bits per heavy atom. The molecule has 5 aromatic rings. The van der Waals surface area contributed by atoms with Gasteiger partial charge in [-0.3, -0.25) is 4.90 Å². The predicted octanol–water partition coefficient (Wildman–Crippen LogP) is 6.89. The summed E-state index contributed by atoms with van der Waals surface area (Å²) in [4.78, 5) is 15.6. The molecule has 0 bridgehead atoms. The molecule has 180 valence electrons. The maximum absolute atomic E-state index is 4.83. The van der Waals surface area contributed by atoms with Crippen LogP contribution in [0.25, 0.3) is 21.3 Å². The molecule has 0 atom stereocenters. The van der Waals surface area contributed by atoms with Gasteiger partial charge in [-0.15, -0.1) is 11.3 Å². The van der Waals surface area contributed by atoms with Gasteiger partial charge in [-0.1, -0.05) is 84.4 Å². The smallest absolute Gasteiger partial charge is 0.141 e. The number of aromatic nitrogens is 2. The van der Waals surface area contributed by atoms with Crippen molar-refractivity contribution >= 4 is 27.4 Å². The molecule has 3 aromatic carbocycles. The normalized spacial score (nSPS) is 14.6. The van der Waals surface area contributed by atoms with Gasteiger partial charge in [0.1, 0.15) is 17.0 Å². The van der Waals surface area contributed by atoms with Crippen molar-refractivity contribution in [2.24, 2.45) is 0 Å². The Labute approximate surface area is 216 Å². The van der Waals surface area contributed by atoms with Crippen LogP contribution in [-0.2, 0) is 0 Å². The minimum Gasteiger partial charge on any atom is -0.353 e. The number of fused-ring (bicyclic) bond motifs is 1. The van der Waals surface area contributed by atoms with Crippen LogP contribution in [0, 0.1) is 13.8 Å². The molecule has 0 unspecified atom stereocenters. The summed E-state index contributed by atoms with van der Waals surface area (Å²) in [6, 6.07) is 28.7. The Morgan fingerprint density at radius 1 is 0.750 bits per heavy atom. The lowest BCUT2D eigenvalue weighted by Gasteiger charge is -2.40. The van der Waals surface area contributed by atoms with E-state index in [0.29, 0.717) is 0 Å². The molecule has 0 radical (unpaired) electrons.